The zero-order valence-electron chi connectivity index (χ0n) is 11.8. The van der Waals surface area contributed by atoms with Crippen LogP contribution in [0, 0.1) is 0 Å². The van der Waals surface area contributed by atoms with Crippen molar-refractivity contribution < 1.29 is 10.2 Å². The second-order valence-corrected chi connectivity index (χ2v) is 11.0. The third kappa shape index (κ3) is 5.36. The molecule has 1 unspecified atom stereocenters. The summed E-state index contributed by atoms with van der Waals surface area (Å²) in [5.74, 6) is 0. The molecule has 2 nitrogen and oxygen atoms in total. The highest BCUT2D eigenvalue weighted by molar-refractivity contribution is 6.85. The van der Waals surface area contributed by atoms with E-state index in [9.17, 15) is 0 Å². The molecule has 0 aromatic rings. The Balaban J connectivity index is 4.40. The normalized spacial score (nSPS) is 15.6. The molecule has 0 aliphatic carbocycles. The van der Waals surface area contributed by atoms with Gasteiger partial charge in [0.1, 0.15) is 0 Å². The predicted octanol–water partition coefficient (Wildman–Crippen LogP) is 3.51. The van der Waals surface area contributed by atoms with Crippen LogP contribution in [-0.4, -0.2) is 31.5 Å². The van der Waals surface area contributed by atoms with Gasteiger partial charge >= 0.3 is 0 Å². The lowest BCUT2D eigenvalue weighted by Crippen LogP contribution is -2.40. The Bertz CT molecular complexity index is 216. The number of aliphatic hydroxyl groups excluding tert-OH is 2. The van der Waals surface area contributed by atoms with Gasteiger partial charge < -0.3 is 10.2 Å². The highest BCUT2D eigenvalue weighted by atomic mass is 28.3. The van der Waals surface area contributed by atoms with Crippen molar-refractivity contribution in [2.24, 2.45) is 0 Å². The first kappa shape index (κ1) is 16.9. The zero-order chi connectivity index (χ0) is 13.4. The van der Waals surface area contributed by atoms with Crippen molar-refractivity contribution in [3.63, 3.8) is 0 Å². The van der Waals surface area contributed by atoms with Gasteiger partial charge in [-0.15, -0.1) is 12.3 Å². The third-order valence-corrected chi connectivity index (χ3v) is 9.95. The molecule has 0 fully saturated rings. The Labute approximate surface area is 108 Å². The van der Waals surface area contributed by atoms with Gasteiger partial charge in [0.05, 0.1) is 8.07 Å². The number of aliphatic hydroxyl groups is 2. The molecule has 0 amide bonds. The Morgan fingerprint density at radius 3 is 2.06 bits per heavy atom. The monoisotopic (exact) mass is 258 g/mol. The third-order valence-electron chi connectivity index (χ3n) is 4.31. The van der Waals surface area contributed by atoms with Crippen LogP contribution in [0.1, 0.15) is 46.0 Å². The van der Waals surface area contributed by atoms with Crippen LogP contribution in [0.4, 0.5) is 0 Å². The molecule has 0 aliphatic heterocycles. The van der Waals surface area contributed by atoms with E-state index in [-0.39, 0.29) is 0 Å². The van der Waals surface area contributed by atoms with Crippen LogP contribution in [0.25, 0.3) is 0 Å². The van der Waals surface area contributed by atoms with Crippen molar-refractivity contribution in [1.82, 2.24) is 0 Å². The zero-order valence-corrected chi connectivity index (χ0v) is 12.8. The maximum absolute atomic E-state index is 8.87. The van der Waals surface area contributed by atoms with Crippen molar-refractivity contribution in [2.45, 2.75) is 63.6 Å². The van der Waals surface area contributed by atoms with Crippen molar-refractivity contribution in [2.75, 3.05) is 13.2 Å². The SMILES string of the molecule is C=C[Si](C)(CCCCO)C(C)(C)CCCCO. The minimum Gasteiger partial charge on any atom is -0.396 e. The average molecular weight is 258 g/mol. The van der Waals surface area contributed by atoms with Crippen LogP contribution in [0.5, 0.6) is 0 Å². The van der Waals surface area contributed by atoms with Crippen molar-refractivity contribution >= 4 is 8.07 Å². The molecule has 0 radical (unpaired) electrons. The topological polar surface area (TPSA) is 40.5 Å². The lowest BCUT2D eigenvalue weighted by molar-refractivity contribution is 0.279. The number of unbranched alkanes of at least 4 members (excludes halogenated alkanes) is 2. The summed E-state index contributed by atoms with van der Waals surface area (Å²) in [6.07, 6.45) is 5.18. The maximum atomic E-state index is 8.87. The molecule has 3 heteroatoms. The maximum Gasteiger partial charge on any atom is 0.0795 e. The Hall–Kier alpha value is -0.123. The smallest absolute Gasteiger partial charge is 0.0795 e. The van der Waals surface area contributed by atoms with E-state index in [1.807, 2.05) is 0 Å². The molecule has 0 saturated heterocycles. The first-order valence-corrected chi connectivity index (χ1v) is 9.57. The van der Waals surface area contributed by atoms with Crippen LogP contribution in [0.2, 0.25) is 17.6 Å². The van der Waals surface area contributed by atoms with Crippen molar-refractivity contribution in [1.29, 1.82) is 0 Å². The fourth-order valence-corrected chi connectivity index (χ4v) is 5.45. The first-order valence-electron chi connectivity index (χ1n) is 6.79. The van der Waals surface area contributed by atoms with Crippen LogP contribution >= 0.6 is 0 Å². The van der Waals surface area contributed by atoms with Crippen LogP contribution in [0.3, 0.4) is 0 Å². The molecule has 0 heterocycles. The highest BCUT2D eigenvalue weighted by Crippen LogP contribution is 2.45. The number of hydrogen-bond donors (Lipinski definition) is 2. The molecule has 0 rings (SSSR count). The van der Waals surface area contributed by atoms with E-state index in [2.05, 4.69) is 32.7 Å². The highest BCUT2D eigenvalue weighted by Gasteiger charge is 2.39. The van der Waals surface area contributed by atoms with Gasteiger partial charge in [0, 0.05) is 13.2 Å². The molecule has 102 valence electrons. The van der Waals surface area contributed by atoms with Crippen molar-refractivity contribution in [3.8, 4) is 0 Å². The Morgan fingerprint density at radius 1 is 1.06 bits per heavy atom. The van der Waals surface area contributed by atoms with Gasteiger partial charge in [0.25, 0.3) is 0 Å². The van der Waals surface area contributed by atoms with Crippen LogP contribution in [0.15, 0.2) is 12.3 Å². The van der Waals surface area contributed by atoms with Crippen LogP contribution in [-0.2, 0) is 0 Å². The second-order valence-electron chi connectivity index (χ2n) is 5.87. The number of rotatable bonds is 10. The Morgan fingerprint density at radius 2 is 1.59 bits per heavy atom. The van der Waals surface area contributed by atoms with Gasteiger partial charge in [0.2, 0.25) is 0 Å². The van der Waals surface area contributed by atoms with Gasteiger partial charge in [-0.1, -0.05) is 45.7 Å². The summed E-state index contributed by atoms with van der Waals surface area (Å²) in [4.78, 5) is 0. The van der Waals surface area contributed by atoms with Gasteiger partial charge in [0.15, 0.2) is 0 Å². The van der Waals surface area contributed by atoms with E-state index in [4.69, 9.17) is 10.2 Å². The molecule has 2 N–H and O–H groups in total. The van der Waals surface area contributed by atoms with Gasteiger partial charge in [-0.05, 0) is 17.9 Å². The van der Waals surface area contributed by atoms with E-state index in [0.29, 0.717) is 18.3 Å². The molecule has 0 aromatic carbocycles. The summed E-state index contributed by atoms with van der Waals surface area (Å²) >= 11 is 0. The molecular weight excluding hydrogens is 228 g/mol. The van der Waals surface area contributed by atoms with Crippen LogP contribution < -0.4 is 0 Å². The molecule has 0 saturated carbocycles. The van der Waals surface area contributed by atoms with E-state index in [0.717, 1.165) is 25.7 Å². The summed E-state index contributed by atoms with van der Waals surface area (Å²) in [6.45, 7) is 11.7. The molecule has 17 heavy (non-hydrogen) atoms. The summed E-state index contributed by atoms with van der Waals surface area (Å²) in [7, 11) is -1.47. The molecule has 0 aromatic heterocycles. The lowest BCUT2D eigenvalue weighted by Gasteiger charge is -2.41. The Kier molecular flexibility index (Phi) is 8.00. The molecule has 0 bridgehead atoms. The molecule has 1 atom stereocenters. The summed E-state index contributed by atoms with van der Waals surface area (Å²) in [5, 5.41) is 18.1. The second kappa shape index (κ2) is 8.06. The first-order chi connectivity index (χ1) is 7.93. The minimum atomic E-state index is -1.47. The summed E-state index contributed by atoms with van der Waals surface area (Å²) in [6, 6.07) is 1.21. The van der Waals surface area contributed by atoms with Crippen molar-refractivity contribution in [3.05, 3.63) is 12.3 Å². The summed E-state index contributed by atoms with van der Waals surface area (Å²) < 4.78 is 0. The van der Waals surface area contributed by atoms with E-state index < -0.39 is 8.07 Å². The molecular formula is C14H30O2Si. The van der Waals surface area contributed by atoms with Gasteiger partial charge in [-0.25, -0.2) is 0 Å². The molecule has 0 spiro atoms. The fraction of sp³-hybridized carbons (Fsp3) is 0.857. The fourth-order valence-electron chi connectivity index (χ4n) is 2.29. The predicted molar refractivity (Wildman–Crippen MR) is 77.9 cm³/mol. The van der Waals surface area contributed by atoms with E-state index in [1.54, 1.807) is 0 Å². The van der Waals surface area contributed by atoms with Gasteiger partial charge in [-0.2, -0.15) is 0 Å². The molecule has 0 aliphatic rings. The van der Waals surface area contributed by atoms with Gasteiger partial charge in [-0.3, -0.25) is 0 Å². The van der Waals surface area contributed by atoms with E-state index in [1.165, 1.54) is 12.5 Å². The minimum absolute atomic E-state index is 0.298. The largest absolute Gasteiger partial charge is 0.396 e. The lowest BCUT2D eigenvalue weighted by atomic mass is 10.1. The standard InChI is InChI=1S/C14H30O2Si/c1-5-17(4,13-9-8-12-16)14(2,3)10-6-7-11-15/h5,15-16H,1,6-13H2,2-4H3. The number of hydrogen-bond acceptors (Lipinski definition) is 2. The van der Waals surface area contributed by atoms with E-state index >= 15 is 0 Å². The average Bonchev–Trinajstić information content (AvgIpc) is 2.29. The quantitative estimate of drug-likeness (QED) is 0.465. The summed E-state index contributed by atoms with van der Waals surface area (Å²) in [5.41, 5.74) is 2.21.